The molecule has 6 rings (SSSR count). The Morgan fingerprint density at radius 2 is 1.75 bits per heavy atom. The lowest BCUT2D eigenvalue weighted by Gasteiger charge is -2.50. The van der Waals surface area contributed by atoms with Crippen LogP contribution in [0.25, 0.3) is 0 Å². The summed E-state index contributed by atoms with van der Waals surface area (Å²) in [5.41, 5.74) is 0.432. The predicted octanol–water partition coefficient (Wildman–Crippen LogP) is 3.16. The quantitative estimate of drug-likeness (QED) is 0.726. The zero-order valence-electron chi connectivity index (χ0n) is 19.6. The van der Waals surface area contributed by atoms with E-state index in [2.05, 4.69) is 34.6 Å². The van der Waals surface area contributed by atoms with E-state index in [-0.39, 0.29) is 28.6 Å². The average molecular weight is 438 g/mol. The molecule has 4 atom stereocenters. The molecule has 5 aliphatic rings. The summed E-state index contributed by atoms with van der Waals surface area (Å²) in [4.78, 5) is 34.2. The van der Waals surface area contributed by atoms with Crippen LogP contribution in [-0.4, -0.2) is 67.0 Å². The highest BCUT2D eigenvalue weighted by Crippen LogP contribution is 2.76. The lowest BCUT2D eigenvalue weighted by Crippen LogP contribution is -2.66. The van der Waals surface area contributed by atoms with Crippen LogP contribution in [0.3, 0.4) is 0 Å². The van der Waals surface area contributed by atoms with E-state index in [4.69, 9.17) is 4.74 Å². The van der Waals surface area contributed by atoms with E-state index >= 15 is 0 Å². The highest BCUT2D eigenvalue weighted by Gasteiger charge is 2.81. The van der Waals surface area contributed by atoms with E-state index in [9.17, 15) is 9.59 Å². The van der Waals surface area contributed by atoms with Crippen LogP contribution in [0.4, 0.5) is 5.69 Å². The van der Waals surface area contributed by atoms with Gasteiger partial charge in [0.15, 0.2) is 0 Å². The lowest BCUT2D eigenvalue weighted by atomic mass is 9.65. The van der Waals surface area contributed by atoms with Crippen LogP contribution in [-0.2, 0) is 9.59 Å². The first-order valence-corrected chi connectivity index (χ1v) is 12.3. The van der Waals surface area contributed by atoms with E-state index < -0.39 is 5.54 Å². The Morgan fingerprint density at radius 1 is 1.03 bits per heavy atom. The fourth-order valence-corrected chi connectivity index (χ4v) is 7.84. The number of amides is 2. The SMILES string of the molecule is COc1ccccc1N1CCN(C(=O)C23CC4CCC2(C)C4(C)CN3C(=O)C2CC2)CC1. The topological polar surface area (TPSA) is 53.1 Å². The van der Waals surface area contributed by atoms with Crippen molar-refractivity contribution in [3.05, 3.63) is 24.3 Å². The third-order valence-corrected chi connectivity index (χ3v) is 10.1. The standard InChI is InChI=1S/C26H35N3O3/c1-24-17-29(22(30)18-8-9-18)26(16-19(24)10-11-25(24,26)2)23(31)28-14-12-27(13-15-28)20-6-4-5-7-21(20)32-3/h4-7,18-19H,8-17H2,1-3H3. The van der Waals surface area contributed by atoms with Gasteiger partial charge in [-0.1, -0.05) is 26.0 Å². The second-order valence-corrected chi connectivity index (χ2v) is 11.2. The fraction of sp³-hybridized carbons (Fsp3) is 0.692. The van der Waals surface area contributed by atoms with Gasteiger partial charge < -0.3 is 19.4 Å². The normalized spacial score (nSPS) is 37.8. The molecule has 1 aromatic carbocycles. The van der Waals surface area contributed by atoms with Crippen LogP contribution in [0.2, 0.25) is 0 Å². The molecule has 0 aromatic heterocycles. The van der Waals surface area contributed by atoms with E-state index in [1.54, 1.807) is 7.11 Å². The van der Waals surface area contributed by atoms with Gasteiger partial charge in [-0.25, -0.2) is 0 Å². The van der Waals surface area contributed by atoms with Gasteiger partial charge in [0.2, 0.25) is 11.8 Å². The Morgan fingerprint density at radius 3 is 2.41 bits per heavy atom. The molecule has 0 N–H and O–H groups in total. The van der Waals surface area contributed by atoms with Crippen molar-refractivity contribution >= 4 is 17.5 Å². The number of anilines is 1. The van der Waals surface area contributed by atoms with Crippen molar-refractivity contribution in [1.29, 1.82) is 0 Å². The highest BCUT2D eigenvalue weighted by atomic mass is 16.5. The number of hydrogen-bond acceptors (Lipinski definition) is 4. The molecular weight excluding hydrogens is 402 g/mol. The number of benzene rings is 1. The number of piperazine rings is 1. The molecule has 0 radical (unpaired) electrons. The molecule has 4 unspecified atom stereocenters. The Labute approximate surface area is 190 Å². The van der Waals surface area contributed by atoms with Gasteiger partial charge in [-0.2, -0.15) is 0 Å². The molecule has 0 spiro atoms. The molecular formula is C26H35N3O3. The van der Waals surface area contributed by atoms with Crippen molar-refractivity contribution < 1.29 is 14.3 Å². The van der Waals surface area contributed by atoms with Crippen LogP contribution in [0.5, 0.6) is 5.75 Å². The second kappa shape index (κ2) is 6.64. The molecule has 5 fully saturated rings. The number of piperidine rings is 1. The number of carbonyl (C=O) groups excluding carboxylic acids is 2. The largest absolute Gasteiger partial charge is 0.495 e. The van der Waals surface area contributed by atoms with Crippen molar-refractivity contribution in [2.45, 2.75) is 51.5 Å². The Balaban J connectivity index is 1.27. The predicted molar refractivity (Wildman–Crippen MR) is 123 cm³/mol. The van der Waals surface area contributed by atoms with Gasteiger partial charge in [0, 0.05) is 44.1 Å². The number of nitrogens with zero attached hydrogens (tertiary/aromatic N) is 3. The number of hydrogen-bond donors (Lipinski definition) is 0. The molecule has 4 bridgehead atoms. The van der Waals surface area contributed by atoms with Gasteiger partial charge in [0.25, 0.3) is 0 Å². The zero-order chi connectivity index (χ0) is 22.3. The van der Waals surface area contributed by atoms with E-state index in [0.29, 0.717) is 19.0 Å². The molecule has 2 amide bonds. The Hall–Kier alpha value is -2.24. The lowest BCUT2D eigenvalue weighted by molar-refractivity contribution is -0.160. The Bertz CT molecular complexity index is 969. The van der Waals surface area contributed by atoms with Gasteiger partial charge in [0.05, 0.1) is 12.8 Å². The van der Waals surface area contributed by atoms with Crippen molar-refractivity contribution in [2.75, 3.05) is 44.7 Å². The number of para-hydroxylation sites is 2. The second-order valence-electron chi connectivity index (χ2n) is 11.2. The fourth-order valence-electron chi connectivity index (χ4n) is 7.84. The van der Waals surface area contributed by atoms with Crippen molar-refractivity contribution in [2.24, 2.45) is 22.7 Å². The third kappa shape index (κ3) is 2.36. The first-order chi connectivity index (χ1) is 15.4. The van der Waals surface area contributed by atoms with Crippen molar-refractivity contribution in [3.8, 4) is 5.75 Å². The highest BCUT2D eigenvalue weighted by molar-refractivity contribution is 5.96. The monoisotopic (exact) mass is 437 g/mol. The van der Waals surface area contributed by atoms with Crippen LogP contribution in [0.15, 0.2) is 24.3 Å². The molecule has 2 aliphatic heterocycles. The summed E-state index contributed by atoms with van der Waals surface area (Å²) in [7, 11) is 1.70. The first kappa shape index (κ1) is 20.4. The minimum atomic E-state index is -0.628. The summed E-state index contributed by atoms with van der Waals surface area (Å²) in [5, 5.41) is 0. The Kier molecular flexibility index (Phi) is 4.23. The summed E-state index contributed by atoms with van der Waals surface area (Å²) < 4.78 is 5.55. The number of ether oxygens (including phenoxy) is 1. The molecule has 6 heteroatoms. The summed E-state index contributed by atoms with van der Waals surface area (Å²) in [6.45, 7) is 8.43. The van der Waals surface area contributed by atoms with Gasteiger partial charge in [-0.3, -0.25) is 9.59 Å². The van der Waals surface area contributed by atoms with Crippen LogP contribution in [0.1, 0.15) is 46.0 Å². The van der Waals surface area contributed by atoms with Crippen molar-refractivity contribution in [3.63, 3.8) is 0 Å². The number of likely N-dealkylation sites (tertiary alicyclic amines) is 1. The van der Waals surface area contributed by atoms with E-state index in [1.807, 2.05) is 18.2 Å². The van der Waals surface area contributed by atoms with Crippen LogP contribution in [0, 0.1) is 22.7 Å². The molecule has 1 aromatic rings. The number of carbonyl (C=O) groups is 2. The molecule has 172 valence electrons. The molecule has 2 heterocycles. The molecule has 32 heavy (non-hydrogen) atoms. The summed E-state index contributed by atoms with van der Waals surface area (Å²) in [6.07, 6.45) is 5.12. The van der Waals surface area contributed by atoms with Crippen molar-refractivity contribution in [1.82, 2.24) is 9.80 Å². The van der Waals surface area contributed by atoms with Gasteiger partial charge in [-0.15, -0.1) is 0 Å². The maximum Gasteiger partial charge on any atom is 0.249 e. The summed E-state index contributed by atoms with van der Waals surface area (Å²) in [5.74, 6) is 2.07. The minimum absolute atomic E-state index is 0.0758. The molecule has 2 saturated heterocycles. The molecule has 6 nitrogen and oxygen atoms in total. The van der Waals surface area contributed by atoms with E-state index in [1.165, 1.54) is 6.42 Å². The number of rotatable bonds is 4. The van der Waals surface area contributed by atoms with Gasteiger partial charge in [0.1, 0.15) is 11.3 Å². The third-order valence-electron chi connectivity index (χ3n) is 10.1. The smallest absolute Gasteiger partial charge is 0.249 e. The maximum absolute atomic E-state index is 14.3. The maximum atomic E-state index is 14.3. The van der Waals surface area contributed by atoms with Crippen LogP contribution < -0.4 is 9.64 Å². The summed E-state index contributed by atoms with van der Waals surface area (Å²) >= 11 is 0. The minimum Gasteiger partial charge on any atom is -0.495 e. The zero-order valence-corrected chi connectivity index (χ0v) is 19.6. The molecule has 3 saturated carbocycles. The number of methoxy groups -OCH3 is 1. The van der Waals surface area contributed by atoms with E-state index in [0.717, 1.165) is 56.8 Å². The molecule has 3 aliphatic carbocycles. The average Bonchev–Trinajstić information content (AvgIpc) is 3.58. The van der Waals surface area contributed by atoms with Crippen LogP contribution >= 0.6 is 0 Å². The first-order valence-electron chi connectivity index (χ1n) is 12.3. The van der Waals surface area contributed by atoms with Gasteiger partial charge in [-0.05, 0) is 55.6 Å². The summed E-state index contributed by atoms with van der Waals surface area (Å²) in [6, 6.07) is 8.10. The van der Waals surface area contributed by atoms with Gasteiger partial charge >= 0.3 is 0 Å².